The Morgan fingerprint density at radius 2 is 1.67 bits per heavy atom. The molecule has 0 atom stereocenters. The second-order valence-corrected chi connectivity index (χ2v) is 9.50. The second-order valence-electron chi connectivity index (χ2n) is 9.50. The van der Waals surface area contributed by atoms with E-state index in [-0.39, 0.29) is 30.8 Å². The van der Waals surface area contributed by atoms with Crippen LogP contribution in [0.1, 0.15) is 37.2 Å². The van der Waals surface area contributed by atoms with Crippen LogP contribution in [0, 0.1) is 19.8 Å². The molecule has 36 heavy (non-hydrogen) atoms. The van der Waals surface area contributed by atoms with Crippen LogP contribution >= 0.6 is 0 Å². The fourth-order valence-corrected chi connectivity index (χ4v) is 3.87. The number of hydrogen-bond acceptors (Lipinski definition) is 4. The van der Waals surface area contributed by atoms with Crippen LogP contribution in [-0.2, 0) is 16.1 Å². The molecule has 0 fully saturated rings. The number of carbonyl (C=O) groups is 2. The molecule has 186 valence electrons. The lowest BCUT2D eigenvalue weighted by Crippen LogP contribution is -2.38. The van der Waals surface area contributed by atoms with Gasteiger partial charge >= 0.3 is 0 Å². The van der Waals surface area contributed by atoms with E-state index in [0.29, 0.717) is 18.1 Å². The second kappa shape index (κ2) is 11.1. The molecule has 0 aliphatic heterocycles. The molecule has 0 radical (unpaired) electrons. The number of furan rings is 1. The summed E-state index contributed by atoms with van der Waals surface area (Å²) in [5.41, 5.74) is 4.88. The minimum Gasteiger partial charge on any atom is -0.467 e. The highest BCUT2D eigenvalue weighted by molar-refractivity contribution is 5.94. The summed E-state index contributed by atoms with van der Waals surface area (Å²) >= 11 is 0. The number of anilines is 1. The molecular weight excluding hydrogens is 452 g/mol. The van der Waals surface area contributed by atoms with E-state index < -0.39 is 0 Å². The standard InChI is InChI=1S/C29H32N4O3/c1-20(2)16-28(35)32(17-25-6-5-15-36-25)19-27(34)31-29-30-26(23-11-7-21(3)8-12-23)18-33(29)24-13-9-22(4)10-14-24/h5-15,18,20H,16-17,19H2,1-4H3,(H,30,31,34). The summed E-state index contributed by atoms with van der Waals surface area (Å²) in [6.45, 7) is 8.15. The summed E-state index contributed by atoms with van der Waals surface area (Å²) in [7, 11) is 0. The van der Waals surface area contributed by atoms with Crippen LogP contribution in [0.4, 0.5) is 5.95 Å². The molecule has 0 bridgehead atoms. The highest BCUT2D eigenvalue weighted by Gasteiger charge is 2.21. The molecule has 2 heterocycles. The molecule has 2 aromatic carbocycles. The van der Waals surface area contributed by atoms with Gasteiger partial charge in [-0.3, -0.25) is 19.5 Å². The van der Waals surface area contributed by atoms with E-state index in [1.165, 1.54) is 4.90 Å². The summed E-state index contributed by atoms with van der Waals surface area (Å²) < 4.78 is 7.28. The molecule has 1 N–H and O–H groups in total. The van der Waals surface area contributed by atoms with Crippen molar-refractivity contribution in [2.24, 2.45) is 5.92 Å². The van der Waals surface area contributed by atoms with Gasteiger partial charge in [0.05, 0.1) is 18.5 Å². The predicted molar refractivity (Wildman–Crippen MR) is 141 cm³/mol. The average molecular weight is 485 g/mol. The number of imidazole rings is 1. The van der Waals surface area contributed by atoms with Crippen molar-refractivity contribution >= 4 is 17.8 Å². The molecule has 0 unspecified atom stereocenters. The van der Waals surface area contributed by atoms with Gasteiger partial charge in [-0.25, -0.2) is 4.98 Å². The summed E-state index contributed by atoms with van der Waals surface area (Å²) in [4.78, 5) is 32.3. The number of aromatic nitrogens is 2. The third-order valence-corrected chi connectivity index (χ3v) is 5.81. The topological polar surface area (TPSA) is 80.4 Å². The molecule has 4 aromatic rings. The zero-order valence-electron chi connectivity index (χ0n) is 21.2. The van der Waals surface area contributed by atoms with Gasteiger partial charge in [0.15, 0.2) is 0 Å². The van der Waals surface area contributed by atoms with Crippen LogP contribution in [0.15, 0.2) is 77.5 Å². The Morgan fingerprint density at radius 3 is 2.28 bits per heavy atom. The van der Waals surface area contributed by atoms with E-state index in [1.807, 2.05) is 87.0 Å². The van der Waals surface area contributed by atoms with E-state index in [0.717, 1.165) is 28.1 Å². The van der Waals surface area contributed by atoms with Crippen molar-refractivity contribution < 1.29 is 14.0 Å². The van der Waals surface area contributed by atoms with Gasteiger partial charge < -0.3 is 9.32 Å². The molecule has 0 saturated carbocycles. The monoisotopic (exact) mass is 484 g/mol. The summed E-state index contributed by atoms with van der Waals surface area (Å²) in [6, 6.07) is 19.7. The molecule has 0 aliphatic carbocycles. The van der Waals surface area contributed by atoms with Crippen molar-refractivity contribution in [2.45, 2.75) is 40.7 Å². The van der Waals surface area contributed by atoms with Gasteiger partial charge in [-0.1, -0.05) is 61.4 Å². The van der Waals surface area contributed by atoms with Crippen LogP contribution in [0.5, 0.6) is 0 Å². The Kier molecular flexibility index (Phi) is 7.68. The van der Waals surface area contributed by atoms with Gasteiger partial charge in [0.2, 0.25) is 17.8 Å². The maximum Gasteiger partial charge on any atom is 0.246 e. The number of carbonyl (C=O) groups excluding carboxylic acids is 2. The first-order chi connectivity index (χ1) is 17.3. The van der Waals surface area contributed by atoms with Crippen molar-refractivity contribution in [1.82, 2.24) is 14.5 Å². The lowest BCUT2D eigenvalue weighted by molar-refractivity contribution is -0.136. The minimum atomic E-state index is -0.326. The highest BCUT2D eigenvalue weighted by Crippen LogP contribution is 2.25. The van der Waals surface area contributed by atoms with E-state index >= 15 is 0 Å². The Morgan fingerprint density at radius 1 is 1.00 bits per heavy atom. The van der Waals surface area contributed by atoms with E-state index in [4.69, 9.17) is 9.40 Å². The highest BCUT2D eigenvalue weighted by atomic mass is 16.3. The van der Waals surface area contributed by atoms with Crippen molar-refractivity contribution in [2.75, 3.05) is 11.9 Å². The Labute approximate surface area is 211 Å². The maximum absolute atomic E-state index is 13.2. The summed E-state index contributed by atoms with van der Waals surface area (Å²) in [5, 5.41) is 2.93. The van der Waals surface area contributed by atoms with Crippen LogP contribution in [-0.4, -0.2) is 32.8 Å². The van der Waals surface area contributed by atoms with Gasteiger partial charge in [-0.05, 0) is 44.0 Å². The number of nitrogens with one attached hydrogen (secondary N) is 1. The van der Waals surface area contributed by atoms with Crippen LogP contribution in [0.3, 0.4) is 0 Å². The maximum atomic E-state index is 13.2. The van der Waals surface area contributed by atoms with Crippen molar-refractivity contribution in [3.05, 3.63) is 90.0 Å². The van der Waals surface area contributed by atoms with Crippen molar-refractivity contribution in [3.63, 3.8) is 0 Å². The molecule has 4 rings (SSSR count). The number of rotatable bonds is 9. The normalized spacial score (nSPS) is 11.0. The summed E-state index contributed by atoms with van der Waals surface area (Å²) in [6.07, 6.45) is 3.82. The van der Waals surface area contributed by atoms with Crippen molar-refractivity contribution in [1.29, 1.82) is 0 Å². The Hall–Kier alpha value is -4.13. The van der Waals surface area contributed by atoms with Crippen molar-refractivity contribution in [3.8, 4) is 16.9 Å². The smallest absolute Gasteiger partial charge is 0.246 e. The quantitative estimate of drug-likeness (QED) is 0.327. The molecule has 2 amide bonds. The first kappa shape index (κ1) is 25.0. The van der Waals surface area contributed by atoms with E-state index in [2.05, 4.69) is 5.32 Å². The number of benzene rings is 2. The van der Waals surface area contributed by atoms with E-state index in [1.54, 1.807) is 18.4 Å². The third kappa shape index (κ3) is 6.30. The number of aryl methyl sites for hydroxylation is 2. The molecular formula is C29H32N4O3. The predicted octanol–water partition coefficient (Wildman–Crippen LogP) is 5.76. The Bertz CT molecular complexity index is 1300. The van der Waals surface area contributed by atoms with Crippen LogP contribution < -0.4 is 5.32 Å². The first-order valence-electron chi connectivity index (χ1n) is 12.1. The average Bonchev–Trinajstić information content (AvgIpc) is 3.49. The lowest BCUT2D eigenvalue weighted by atomic mass is 10.1. The third-order valence-electron chi connectivity index (χ3n) is 5.81. The molecule has 2 aromatic heterocycles. The van der Waals surface area contributed by atoms with E-state index in [9.17, 15) is 9.59 Å². The van der Waals surface area contributed by atoms with Crippen LogP contribution in [0.25, 0.3) is 16.9 Å². The zero-order valence-corrected chi connectivity index (χ0v) is 21.2. The zero-order chi connectivity index (χ0) is 25.7. The Balaban J connectivity index is 1.60. The van der Waals surface area contributed by atoms with Gasteiger partial charge in [0.1, 0.15) is 12.3 Å². The number of hydrogen-bond donors (Lipinski definition) is 1. The fraction of sp³-hybridized carbons (Fsp3) is 0.276. The van der Waals surface area contributed by atoms with Gasteiger partial charge in [0, 0.05) is 23.9 Å². The molecule has 7 heteroatoms. The van der Waals surface area contributed by atoms with Gasteiger partial charge in [-0.15, -0.1) is 0 Å². The van der Waals surface area contributed by atoms with Gasteiger partial charge in [-0.2, -0.15) is 0 Å². The molecule has 0 saturated heterocycles. The largest absolute Gasteiger partial charge is 0.467 e. The SMILES string of the molecule is Cc1ccc(-c2cn(-c3ccc(C)cc3)c(NC(=O)CN(Cc3ccco3)C(=O)CC(C)C)n2)cc1. The molecule has 7 nitrogen and oxygen atoms in total. The van der Waals surface area contributed by atoms with Gasteiger partial charge in [0.25, 0.3) is 0 Å². The minimum absolute atomic E-state index is 0.0984. The number of nitrogens with zero attached hydrogens (tertiary/aromatic N) is 3. The first-order valence-corrected chi connectivity index (χ1v) is 12.1. The number of amides is 2. The van der Waals surface area contributed by atoms with Crippen LogP contribution in [0.2, 0.25) is 0 Å². The molecule has 0 aliphatic rings. The molecule has 0 spiro atoms. The lowest BCUT2D eigenvalue weighted by Gasteiger charge is -2.22. The fourth-order valence-electron chi connectivity index (χ4n) is 3.87. The summed E-state index contributed by atoms with van der Waals surface area (Å²) in [5.74, 6) is 0.778.